The van der Waals surface area contributed by atoms with Gasteiger partial charge in [0, 0.05) is 16.5 Å². The highest BCUT2D eigenvalue weighted by molar-refractivity contribution is 7.18. The van der Waals surface area contributed by atoms with Gasteiger partial charge >= 0.3 is 6.18 Å². The molecule has 4 rings (SSSR count). The molecule has 0 fully saturated rings. The third-order valence-corrected chi connectivity index (χ3v) is 7.03. The topological polar surface area (TPSA) is 55.0 Å². The number of aromatic nitrogens is 1. The summed E-state index contributed by atoms with van der Waals surface area (Å²) in [6.07, 6.45) is -4.97. The van der Waals surface area contributed by atoms with Crippen LogP contribution in [0, 0.1) is 36.8 Å². The molecule has 0 N–H and O–H groups in total. The zero-order valence-electron chi connectivity index (χ0n) is 19.8. The van der Waals surface area contributed by atoms with E-state index in [1.807, 2.05) is 26.0 Å². The number of aryl methyl sites for hydroxylation is 2. The van der Waals surface area contributed by atoms with Gasteiger partial charge in [-0.15, -0.1) is 11.3 Å². The standard InChI is InChI=1S/C27H19F5N2O2S/c1-14-8-17(9-15(2)25(14)36-3)23-6-7-24(37-23)22-11-20(27(30,31)32)19(12-33)26(35)34(22)13-16-4-5-18(28)10-21(16)29/h4-11H,13H2,1-3H3. The normalized spacial score (nSPS) is 11.4. The van der Waals surface area contributed by atoms with Crippen LogP contribution in [0.1, 0.15) is 27.8 Å². The molecule has 4 aromatic rings. The Morgan fingerprint density at radius 1 is 1.00 bits per heavy atom. The lowest BCUT2D eigenvalue weighted by molar-refractivity contribution is -0.137. The molecule has 0 unspecified atom stereocenters. The Kier molecular flexibility index (Phi) is 6.93. The van der Waals surface area contributed by atoms with E-state index in [2.05, 4.69) is 0 Å². The summed E-state index contributed by atoms with van der Waals surface area (Å²) in [6, 6.07) is 11.8. The van der Waals surface area contributed by atoms with Crippen molar-refractivity contribution in [3.05, 3.63) is 98.3 Å². The van der Waals surface area contributed by atoms with E-state index in [0.717, 1.165) is 56.5 Å². The quantitative estimate of drug-likeness (QED) is 0.259. The third-order valence-electron chi connectivity index (χ3n) is 5.87. The summed E-state index contributed by atoms with van der Waals surface area (Å²) < 4.78 is 75.5. The summed E-state index contributed by atoms with van der Waals surface area (Å²) in [5.74, 6) is -1.09. The van der Waals surface area contributed by atoms with Crippen molar-refractivity contribution in [1.82, 2.24) is 4.57 Å². The minimum Gasteiger partial charge on any atom is -0.496 e. The van der Waals surface area contributed by atoms with Crippen LogP contribution in [-0.2, 0) is 12.7 Å². The monoisotopic (exact) mass is 530 g/mol. The van der Waals surface area contributed by atoms with E-state index in [-0.39, 0.29) is 11.3 Å². The lowest BCUT2D eigenvalue weighted by Crippen LogP contribution is -2.28. The van der Waals surface area contributed by atoms with E-state index < -0.39 is 41.0 Å². The molecule has 2 aromatic carbocycles. The number of pyridine rings is 1. The van der Waals surface area contributed by atoms with Gasteiger partial charge in [-0.3, -0.25) is 4.79 Å². The second kappa shape index (κ2) is 9.82. The Bertz CT molecular complexity index is 1590. The van der Waals surface area contributed by atoms with Gasteiger partial charge in [0.1, 0.15) is 29.0 Å². The van der Waals surface area contributed by atoms with Crippen molar-refractivity contribution in [1.29, 1.82) is 5.26 Å². The fourth-order valence-corrected chi connectivity index (χ4v) is 5.22. The summed E-state index contributed by atoms with van der Waals surface area (Å²) in [6.45, 7) is 3.24. The van der Waals surface area contributed by atoms with Gasteiger partial charge in [0.05, 0.1) is 29.8 Å². The Labute approximate surface area is 212 Å². The lowest BCUT2D eigenvalue weighted by Gasteiger charge is -2.17. The number of hydrogen-bond acceptors (Lipinski definition) is 4. The molecule has 4 nitrogen and oxygen atoms in total. The molecule has 37 heavy (non-hydrogen) atoms. The van der Waals surface area contributed by atoms with Crippen molar-refractivity contribution in [3.8, 4) is 32.8 Å². The second-order valence-corrected chi connectivity index (χ2v) is 9.45. The highest BCUT2D eigenvalue weighted by Crippen LogP contribution is 2.39. The Balaban J connectivity index is 1.93. The number of rotatable bonds is 5. The highest BCUT2D eigenvalue weighted by Gasteiger charge is 2.37. The summed E-state index contributed by atoms with van der Waals surface area (Å²) in [5.41, 5.74) is -1.42. The van der Waals surface area contributed by atoms with Crippen molar-refractivity contribution < 1.29 is 26.7 Å². The molecule has 0 radical (unpaired) electrons. The summed E-state index contributed by atoms with van der Waals surface area (Å²) in [7, 11) is 1.56. The van der Waals surface area contributed by atoms with Crippen molar-refractivity contribution in [3.63, 3.8) is 0 Å². The number of ether oxygens (including phenoxy) is 1. The fourth-order valence-electron chi connectivity index (χ4n) is 4.20. The number of thiophene rings is 1. The van der Waals surface area contributed by atoms with Gasteiger partial charge in [-0.25, -0.2) is 8.78 Å². The van der Waals surface area contributed by atoms with Crippen LogP contribution >= 0.6 is 11.3 Å². The molecule has 190 valence electrons. The molecule has 0 aliphatic carbocycles. The molecule has 2 aromatic heterocycles. The van der Waals surface area contributed by atoms with Crippen LogP contribution in [-0.4, -0.2) is 11.7 Å². The Hall–Kier alpha value is -3.97. The number of benzene rings is 2. The van der Waals surface area contributed by atoms with Crippen LogP contribution < -0.4 is 10.3 Å². The van der Waals surface area contributed by atoms with E-state index in [0.29, 0.717) is 15.8 Å². The molecule has 0 saturated carbocycles. The van der Waals surface area contributed by atoms with Crippen molar-refractivity contribution >= 4 is 11.3 Å². The summed E-state index contributed by atoms with van der Waals surface area (Å²) in [5, 5.41) is 9.36. The first-order valence-electron chi connectivity index (χ1n) is 10.9. The number of alkyl halides is 3. The van der Waals surface area contributed by atoms with Crippen LogP contribution in [0.5, 0.6) is 5.75 Å². The summed E-state index contributed by atoms with van der Waals surface area (Å²) >= 11 is 1.14. The van der Waals surface area contributed by atoms with Gasteiger partial charge in [-0.1, -0.05) is 6.07 Å². The first-order chi connectivity index (χ1) is 17.4. The van der Waals surface area contributed by atoms with Gasteiger partial charge < -0.3 is 9.30 Å². The molecule has 0 saturated heterocycles. The fraction of sp³-hybridized carbons (Fsp3) is 0.185. The smallest absolute Gasteiger partial charge is 0.417 e. The van der Waals surface area contributed by atoms with E-state index >= 15 is 0 Å². The van der Waals surface area contributed by atoms with Gasteiger partial charge in [-0.05, 0) is 66.9 Å². The van der Waals surface area contributed by atoms with Crippen LogP contribution in [0.25, 0.3) is 21.0 Å². The van der Waals surface area contributed by atoms with Crippen molar-refractivity contribution in [2.75, 3.05) is 7.11 Å². The molecule has 10 heteroatoms. The van der Waals surface area contributed by atoms with Gasteiger partial charge in [-0.2, -0.15) is 18.4 Å². The van der Waals surface area contributed by atoms with Crippen LogP contribution in [0.2, 0.25) is 0 Å². The first kappa shape index (κ1) is 26.1. The molecular weight excluding hydrogens is 511 g/mol. The molecule has 0 aliphatic heterocycles. The molecule has 2 heterocycles. The molecular formula is C27H19F5N2O2S. The largest absolute Gasteiger partial charge is 0.496 e. The van der Waals surface area contributed by atoms with E-state index in [1.165, 1.54) is 6.07 Å². The van der Waals surface area contributed by atoms with E-state index in [4.69, 9.17) is 4.74 Å². The number of nitrogens with zero attached hydrogens (tertiary/aromatic N) is 2. The average molecular weight is 531 g/mol. The number of nitriles is 1. The molecule has 0 bridgehead atoms. The minimum absolute atomic E-state index is 0.119. The Morgan fingerprint density at radius 3 is 2.22 bits per heavy atom. The van der Waals surface area contributed by atoms with Crippen LogP contribution in [0.15, 0.2) is 53.3 Å². The predicted molar refractivity (Wildman–Crippen MR) is 131 cm³/mol. The van der Waals surface area contributed by atoms with Crippen LogP contribution in [0.4, 0.5) is 22.0 Å². The number of methoxy groups -OCH3 is 1. The van der Waals surface area contributed by atoms with Gasteiger partial charge in [0.25, 0.3) is 5.56 Å². The maximum atomic E-state index is 14.4. The number of hydrogen-bond donors (Lipinski definition) is 0. The molecule has 0 aliphatic rings. The average Bonchev–Trinajstić information content (AvgIpc) is 3.31. The predicted octanol–water partition coefficient (Wildman–Crippen LogP) is 7.09. The zero-order valence-corrected chi connectivity index (χ0v) is 20.7. The maximum Gasteiger partial charge on any atom is 0.417 e. The number of halogens is 5. The van der Waals surface area contributed by atoms with Gasteiger partial charge in [0.2, 0.25) is 0 Å². The molecule has 0 spiro atoms. The SMILES string of the molecule is COc1c(C)cc(-c2ccc(-c3cc(C(F)(F)F)c(C#N)c(=O)n3Cc3ccc(F)cc3F)s2)cc1C. The van der Waals surface area contributed by atoms with E-state index in [9.17, 15) is 32.0 Å². The lowest BCUT2D eigenvalue weighted by atomic mass is 10.0. The summed E-state index contributed by atoms with van der Waals surface area (Å²) in [4.78, 5) is 14.1. The van der Waals surface area contributed by atoms with E-state index in [1.54, 1.807) is 19.2 Å². The zero-order chi connectivity index (χ0) is 27.1. The van der Waals surface area contributed by atoms with Gasteiger partial charge in [0.15, 0.2) is 0 Å². The minimum atomic E-state index is -4.97. The highest BCUT2D eigenvalue weighted by atomic mass is 32.1. The molecule has 0 atom stereocenters. The van der Waals surface area contributed by atoms with Crippen LogP contribution in [0.3, 0.4) is 0 Å². The second-order valence-electron chi connectivity index (χ2n) is 8.36. The Morgan fingerprint density at radius 2 is 1.65 bits per heavy atom. The maximum absolute atomic E-state index is 14.4. The van der Waals surface area contributed by atoms with Crippen molar-refractivity contribution in [2.45, 2.75) is 26.6 Å². The third kappa shape index (κ3) is 5.00. The van der Waals surface area contributed by atoms with Crippen molar-refractivity contribution in [2.24, 2.45) is 0 Å². The molecule has 0 amide bonds. The first-order valence-corrected chi connectivity index (χ1v) is 11.7.